The highest BCUT2D eigenvalue weighted by molar-refractivity contribution is 6.18. The number of halogens is 2. The fraction of sp³-hybridized carbons (Fsp3) is 0.364. The van der Waals surface area contributed by atoms with Crippen LogP contribution in [-0.2, 0) is 0 Å². The van der Waals surface area contributed by atoms with Gasteiger partial charge in [-0.25, -0.2) is 4.39 Å². The molecule has 0 aliphatic rings. The van der Waals surface area contributed by atoms with Crippen LogP contribution in [0.4, 0.5) is 4.39 Å². The van der Waals surface area contributed by atoms with Crippen LogP contribution in [0.5, 0.6) is 0 Å². The molecule has 0 atom stereocenters. The third kappa shape index (κ3) is 2.93. The summed E-state index contributed by atoms with van der Waals surface area (Å²) in [5.41, 5.74) is 0.960. The molecular weight excluding hydrogens is 217 g/mol. The molecule has 0 bridgehead atoms. The summed E-state index contributed by atoms with van der Waals surface area (Å²) in [7, 11) is 1.60. The molecule has 0 saturated heterocycles. The maximum Gasteiger partial charge on any atom is 0.256 e. The maximum atomic E-state index is 13.3. The van der Waals surface area contributed by atoms with E-state index in [4.69, 9.17) is 11.6 Å². The Morgan fingerprint density at radius 3 is 2.80 bits per heavy atom. The highest BCUT2D eigenvalue weighted by Gasteiger charge is 2.15. The lowest BCUT2D eigenvalue weighted by atomic mass is 10.1. The first kappa shape index (κ1) is 12.0. The Labute approximate surface area is 93.6 Å². The van der Waals surface area contributed by atoms with Crippen LogP contribution in [0.2, 0.25) is 0 Å². The van der Waals surface area contributed by atoms with Crippen molar-refractivity contribution in [2.45, 2.75) is 6.92 Å². The predicted molar refractivity (Wildman–Crippen MR) is 58.8 cm³/mol. The van der Waals surface area contributed by atoms with Crippen molar-refractivity contribution in [3.05, 3.63) is 35.1 Å². The summed E-state index contributed by atoms with van der Waals surface area (Å²) in [6.07, 6.45) is 0. The Kier molecular flexibility index (Phi) is 4.09. The van der Waals surface area contributed by atoms with Crippen LogP contribution in [0.15, 0.2) is 18.2 Å². The molecule has 82 valence electrons. The topological polar surface area (TPSA) is 20.3 Å². The van der Waals surface area contributed by atoms with Gasteiger partial charge < -0.3 is 4.90 Å². The fourth-order valence-electron chi connectivity index (χ4n) is 1.24. The Morgan fingerprint density at radius 1 is 1.53 bits per heavy atom. The standard InChI is InChI=1S/C11H13ClFNO/c1-8-3-4-10(13)9(7-8)11(15)14(2)6-5-12/h3-4,7H,5-6H2,1-2H3. The van der Waals surface area contributed by atoms with Crippen molar-refractivity contribution in [3.8, 4) is 0 Å². The normalized spacial score (nSPS) is 10.1. The second-order valence-electron chi connectivity index (χ2n) is 3.40. The largest absolute Gasteiger partial charge is 0.340 e. The van der Waals surface area contributed by atoms with E-state index in [1.54, 1.807) is 19.2 Å². The molecule has 0 spiro atoms. The van der Waals surface area contributed by atoms with E-state index in [1.165, 1.54) is 11.0 Å². The third-order valence-electron chi connectivity index (χ3n) is 2.12. The molecular formula is C11H13ClFNO. The van der Waals surface area contributed by atoms with Crippen molar-refractivity contribution in [2.24, 2.45) is 0 Å². The summed E-state index contributed by atoms with van der Waals surface area (Å²) in [5, 5.41) is 0. The van der Waals surface area contributed by atoms with Crippen molar-refractivity contribution in [2.75, 3.05) is 19.5 Å². The minimum Gasteiger partial charge on any atom is -0.340 e. The number of carbonyl (C=O) groups is 1. The minimum absolute atomic E-state index is 0.0996. The zero-order valence-corrected chi connectivity index (χ0v) is 9.51. The average Bonchev–Trinajstić information content (AvgIpc) is 2.21. The van der Waals surface area contributed by atoms with E-state index in [1.807, 2.05) is 6.92 Å². The van der Waals surface area contributed by atoms with Crippen LogP contribution in [0.3, 0.4) is 0 Å². The molecule has 1 aromatic carbocycles. The first-order valence-electron chi connectivity index (χ1n) is 4.64. The number of amides is 1. The van der Waals surface area contributed by atoms with Crippen LogP contribution in [-0.4, -0.2) is 30.3 Å². The van der Waals surface area contributed by atoms with Crippen LogP contribution in [0.1, 0.15) is 15.9 Å². The molecule has 4 heteroatoms. The molecule has 1 aromatic rings. The number of nitrogens with zero attached hydrogens (tertiary/aromatic N) is 1. The molecule has 0 N–H and O–H groups in total. The Morgan fingerprint density at radius 2 is 2.20 bits per heavy atom. The lowest BCUT2D eigenvalue weighted by Crippen LogP contribution is -2.29. The Hall–Kier alpha value is -1.09. The van der Waals surface area contributed by atoms with E-state index in [0.717, 1.165) is 5.56 Å². The van der Waals surface area contributed by atoms with Gasteiger partial charge in [-0.3, -0.25) is 4.79 Å². The van der Waals surface area contributed by atoms with Gasteiger partial charge >= 0.3 is 0 Å². The number of hydrogen-bond donors (Lipinski definition) is 0. The van der Waals surface area contributed by atoms with Gasteiger partial charge in [0.25, 0.3) is 5.91 Å². The Bertz CT molecular complexity index is 368. The summed E-state index contributed by atoms with van der Waals surface area (Å²) in [6, 6.07) is 4.48. The number of benzene rings is 1. The molecule has 2 nitrogen and oxygen atoms in total. The van der Waals surface area contributed by atoms with E-state index in [-0.39, 0.29) is 11.5 Å². The molecule has 0 unspecified atom stereocenters. The van der Waals surface area contributed by atoms with Gasteiger partial charge in [0, 0.05) is 19.5 Å². The van der Waals surface area contributed by atoms with Gasteiger partial charge in [-0.1, -0.05) is 11.6 Å². The van der Waals surface area contributed by atoms with E-state index < -0.39 is 5.82 Å². The highest BCUT2D eigenvalue weighted by Crippen LogP contribution is 2.12. The predicted octanol–water partition coefficient (Wildman–Crippen LogP) is 2.44. The SMILES string of the molecule is Cc1ccc(F)c(C(=O)N(C)CCCl)c1. The number of rotatable bonds is 3. The number of alkyl halides is 1. The zero-order chi connectivity index (χ0) is 11.4. The molecule has 0 fully saturated rings. The molecule has 0 heterocycles. The zero-order valence-electron chi connectivity index (χ0n) is 8.76. The fourth-order valence-corrected chi connectivity index (χ4v) is 1.49. The second-order valence-corrected chi connectivity index (χ2v) is 3.78. The first-order chi connectivity index (χ1) is 7.06. The smallest absolute Gasteiger partial charge is 0.256 e. The molecule has 0 radical (unpaired) electrons. The van der Waals surface area contributed by atoms with Gasteiger partial charge in [-0.15, -0.1) is 11.6 Å². The van der Waals surface area contributed by atoms with Gasteiger partial charge in [0.1, 0.15) is 5.82 Å². The van der Waals surface area contributed by atoms with Crippen LogP contribution >= 0.6 is 11.6 Å². The van der Waals surface area contributed by atoms with E-state index in [9.17, 15) is 9.18 Å². The summed E-state index contributed by atoms with van der Waals surface area (Å²) in [6.45, 7) is 2.23. The summed E-state index contributed by atoms with van der Waals surface area (Å²) in [5.74, 6) is -0.487. The second kappa shape index (κ2) is 5.12. The maximum absolute atomic E-state index is 13.3. The van der Waals surface area contributed by atoms with Crippen molar-refractivity contribution in [1.29, 1.82) is 0 Å². The van der Waals surface area contributed by atoms with Crippen LogP contribution < -0.4 is 0 Å². The molecule has 1 amide bonds. The number of carbonyl (C=O) groups excluding carboxylic acids is 1. The lowest BCUT2D eigenvalue weighted by Gasteiger charge is -2.16. The molecule has 15 heavy (non-hydrogen) atoms. The van der Waals surface area contributed by atoms with Gasteiger partial charge in [0.2, 0.25) is 0 Å². The van der Waals surface area contributed by atoms with Gasteiger partial charge in [0.15, 0.2) is 0 Å². The van der Waals surface area contributed by atoms with Crippen molar-refractivity contribution < 1.29 is 9.18 Å². The van der Waals surface area contributed by atoms with Gasteiger partial charge in [-0.05, 0) is 19.1 Å². The molecule has 0 aliphatic carbocycles. The van der Waals surface area contributed by atoms with E-state index in [0.29, 0.717) is 12.4 Å². The Balaban J connectivity index is 2.95. The molecule has 0 aliphatic heterocycles. The number of hydrogen-bond acceptors (Lipinski definition) is 1. The first-order valence-corrected chi connectivity index (χ1v) is 5.17. The quantitative estimate of drug-likeness (QED) is 0.729. The van der Waals surface area contributed by atoms with E-state index in [2.05, 4.69) is 0 Å². The van der Waals surface area contributed by atoms with E-state index >= 15 is 0 Å². The van der Waals surface area contributed by atoms with Crippen molar-refractivity contribution in [1.82, 2.24) is 4.90 Å². The van der Waals surface area contributed by atoms with Crippen molar-refractivity contribution >= 4 is 17.5 Å². The molecule has 1 rings (SSSR count). The van der Waals surface area contributed by atoms with Crippen molar-refractivity contribution in [3.63, 3.8) is 0 Å². The third-order valence-corrected chi connectivity index (χ3v) is 2.29. The van der Waals surface area contributed by atoms with Crippen LogP contribution in [0.25, 0.3) is 0 Å². The summed E-state index contributed by atoms with van der Waals surface area (Å²) < 4.78 is 13.3. The van der Waals surface area contributed by atoms with Crippen LogP contribution in [0, 0.1) is 12.7 Å². The van der Waals surface area contributed by atoms with Gasteiger partial charge in [0.05, 0.1) is 5.56 Å². The monoisotopic (exact) mass is 229 g/mol. The molecule has 0 saturated carbocycles. The molecule has 0 aromatic heterocycles. The summed E-state index contributed by atoms with van der Waals surface area (Å²) >= 11 is 5.51. The number of aryl methyl sites for hydroxylation is 1. The summed E-state index contributed by atoms with van der Waals surface area (Å²) in [4.78, 5) is 13.1. The lowest BCUT2D eigenvalue weighted by molar-refractivity contribution is 0.0798. The minimum atomic E-state index is -0.493. The highest BCUT2D eigenvalue weighted by atomic mass is 35.5. The average molecular weight is 230 g/mol. The van der Waals surface area contributed by atoms with Gasteiger partial charge in [-0.2, -0.15) is 0 Å².